The molecule has 2 heterocycles. The van der Waals surface area contributed by atoms with Gasteiger partial charge in [-0.3, -0.25) is 15.1 Å². The number of carbonyl (C=O) groups excluding carboxylic acids is 3. The van der Waals surface area contributed by atoms with Gasteiger partial charge in [0, 0.05) is 11.1 Å². The molecule has 1 atom stereocenters. The molecular formula is C24H25N3O5S. The molecule has 0 unspecified atom stereocenters. The van der Waals surface area contributed by atoms with Crippen LogP contribution in [0.25, 0.3) is 10.9 Å². The number of hydrogen-bond donors (Lipinski definition) is 1. The Morgan fingerprint density at radius 1 is 1.12 bits per heavy atom. The van der Waals surface area contributed by atoms with E-state index >= 15 is 0 Å². The molecule has 1 amide bonds. The second-order valence-corrected chi connectivity index (χ2v) is 8.73. The number of rotatable bonds is 7. The van der Waals surface area contributed by atoms with E-state index in [9.17, 15) is 14.4 Å². The average Bonchev–Trinajstić information content (AvgIpc) is 3.41. The highest BCUT2D eigenvalue weighted by atomic mass is 32.1. The Labute approximate surface area is 195 Å². The van der Waals surface area contributed by atoms with Crippen LogP contribution in [0, 0.1) is 6.92 Å². The Morgan fingerprint density at radius 2 is 1.91 bits per heavy atom. The fourth-order valence-corrected chi connectivity index (χ4v) is 4.84. The first-order chi connectivity index (χ1) is 15.9. The molecule has 0 radical (unpaired) electrons. The molecular weight excluding hydrogens is 442 g/mol. The highest BCUT2D eigenvalue weighted by molar-refractivity contribution is 7.17. The number of fused-ring (bicyclic) bond motifs is 2. The van der Waals surface area contributed by atoms with Crippen LogP contribution < -0.4 is 5.32 Å². The summed E-state index contributed by atoms with van der Waals surface area (Å²) in [6.45, 7) is 5.41. The molecule has 1 N–H and O–H groups in total. The molecule has 8 nitrogen and oxygen atoms in total. The van der Waals surface area contributed by atoms with Gasteiger partial charge in [0.25, 0.3) is 5.91 Å². The van der Waals surface area contributed by atoms with Crippen LogP contribution in [0.15, 0.2) is 24.3 Å². The van der Waals surface area contributed by atoms with Crippen LogP contribution in [-0.2, 0) is 27.1 Å². The summed E-state index contributed by atoms with van der Waals surface area (Å²) in [5.74, 6) is -1.51. The predicted octanol–water partition coefficient (Wildman–Crippen LogP) is 4.24. The lowest BCUT2D eigenvalue weighted by molar-refractivity contribution is -0.124. The second-order valence-electron chi connectivity index (χ2n) is 7.73. The number of nitrogens with zero attached hydrogens (tertiary/aromatic N) is 2. The van der Waals surface area contributed by atoms with Crippen LogP contribution in [0.3, 0.4) is 0 Å². The lowest BCUT2D eigenvalue weighted by Gasteiger charge is -2.17. The van der Waals surface area contributed by atoms with Gasteiger partial charge in [-0.15, -0.1) is 0 Å². The third-order valence-electron chi connectivity index (χ3n) is 5.52. The number of carbonyl (C=O) groups is 3. The predicted molar refractivity (Wildman–Crippen MR) is 125 cm³/mol. The quantitative estimate of drug-likeness (QED) is 0.518. The van der Waals surface area contributed by atoms with Crippen LogP contribution in [-0.4, -0.2) is 40.5 Å². The van der Waals surface area contributed by atoms with Gasteiger partial charge < -0.3 is 9.47 Å². The largest absolute Gasteiger partial charge is 0.462 e. The van der Waals surface area contributed by atoms with Crippen molar-refractivity contribution in [2.75, 3.05) is 11.9 Å². The van der Waals surface area contributed by atoms with E-state index in [0.717, 1.165) is 52.8 Å². The van der Waals surface area contributed by atoms with Gasteiger partial charge in [0.05, 0.1) is 23.4 Å². The number of hydrogen-bond acceptors (Lipinski definition) is 8. The zero-order valence-corrected chi connectivity index (χ0v) is 19.6. The number of benzene rings is 1. The maximum atomic E-state index is 13.3. The second kappa shape index (κ2) is 9.66. The summed E-state index contributed by atoms with van der Waals surface area (Å²) < 4.78 is 10.7. The average molecular weight is 468 g/mol. The Bertz CT molecular complexity index is 1240. The number of aryl methyl sites for hydroxylation is 2. The summed E-state index contributed by atoms with van der Waals surface area (Å²) >= 11 is 1.03. The number of pyridine rings is 1. The lowest BCUT2D eigenvalue weighted by atomic mass is 10.0. The minimum Gasteiger partial charge on any atom is -0.462 e. The molecule has 1 aromatic carbocycles. The minimum atomic E-state index is -1.00. The Morgan fingerprint density at radius 3 is 2.67 bits per heavy atom. The van der Waals surface area contributed by atoms with E-state index in [0.29, 0.717) is 16.1 Å². The molecule has 3 aromatic rings. The fourth-order valence-electron chi connectivity index (χ4n) is 3.98. The number of para-hydroxylation sites is 1. The third kappa shape index (κ3) is 4.59. The number of nitrogens with one attached hydrogen (secondary N) is 1. The normalized spacial score (nSPS) is 13.4. The monoisotopic (exact) mass is 467 g/mol. The molecule has 0 saturated heterocycles. The zero-order valence-electron chi connectivity index (χ0n) is 18.8. The van der Waals surface area contributed by atoms with Crippen LogP contribution >= 0.6 is 11.3 Å². The van der Waals surface area contributed by atoms with E-state index in [-0.39, 0.29) is 18.2 Å². The molecule has 0 bridgehead atoms. The maximum absolute atomic E-state index is 13.3. The molecule has 0 fully saturated rings. The number of amides is 1. The van der Waals surface area contributed by atoms with Gasteiger partial charge in [-0.25, -0.2) is 14.6 Å². The Hall–Kier alpha value is -3.33. The third-order valence-corrected chi connectivity index (χ3v) is 6.58. The number of ether oxygens (including phenoxy) is 2. The van der Waals surface area contributed by atoms with Gasteiger partial charge in [-0.1, -0.05) is 36.5 Å². The molecule has 1 aliphatic carbocycles. The van der Waals surface area contributed by atoms with Crippen molar-refractivity contribution in [1.29, 1.82) is 0 Å². The molecule has 0 aliphatic heterocycles. The van der Waals surface area contributed by atoms with E-state index < -0.39 is 23.9 Å². The van der Waals surface area contributed by atoms with Crippen molar-refractivity contribution in [2.45, 2.75) is 52.6 Å². The molecule has 4 rings (SSSR count). The van der Waals surface area contributed by atoms with Crippen molar-refractivity contribution in [1.82, 2.24) is 9.97 Å². The van der Waals surface area contributed by atoms with Gasteiger partial charge in [0.1, 0.15) is 4.88 Å². The molecule has 9 heteroatoms. The van der Waals surface area contributed by atoms with Crippen molar-refractivity contribution in [3.63, 3.8) is 0 Å². The molecule has 0 saturated carbocycles. The summed E-state index contributed by atoms with van der Waals surface area (Å²) in [5.41, 5.74) is 3.53. The minimum absolute atomic E-state index is 0.249. The van der Waals surface area contributed by atoms with Crippen molar-refractivity contribution in [3.8, 4) is 0 Å². The molecule has 33 heavy (non-hydrogen) atoms. The van der Waals surface area contributed by atoms with Gasteiger partial charge in [0.2, 0.25) is 0 Å². The number of aromatic nitrogens is 2. The van der Waals surface area contributed by atoms with Crippen LogP contribution in [0.2, 0.25) is 0 Å². The highest BCUT2D eigenvalue weighted by Crippen LogP contribution is 2.31. The van der Waals surface area contributed by atoms with E-state index in [1.807, 2.05) is 24.3 Å². The Kier molecular flexibility index (Phi) is 6.69. The topological polar surface area (TPSA) is 107 Å². The SMILES string of the molecule is CCOC(=O)c1sc(NC(=O)[C@H](CC)OC(=O)c2c3c(nc4ccccc24)CCC3)nc1C. The van der Waals surface area contributed by atoms with Crippen molar-refractivity contribution in [3.05, 3.63) is 51.7 Å². The van der Waals surface area contributed by atoms with E-state index in [4.69, 9.17) is 14.5 Å². The van der Waals surface area contributed by atoms with Gasteiger partial charge >= 0.3 is 11.9 Å². The van der Waals surface area contributed by atoms with Crippen molar-refractivity contribution < 1.29 is 23.9 Å². The van der Waals surface area contributed by atoms with E-state index in [1.165, 1.54) is 0 Å². The summed E-state index contributed by atoms with van der Waals surface area (Å²) in [5, 5.41) is 3.65. The highest BCUT2D eigenvalue weighted by Gasteiger charge is 2.29. The van der Waals surface area contributed by atoms with Crippen LogP contribution in [0.1, 0.15) is 63.7 Å². The summed E-state index contributed by atoms with van der Waals surface area (Å²) in [6, 6.07) is 7.47. The number of anilines is 1. The standard InChI is InChI=1S/C24H25N3O5S/c1-4-18(21(28)27-24-25-13(3)20(33-24)23(30)31-5-2)32-22(29)19-14-9-6-7-11-16(14)26-17-12-8-10-15(17)19/h6-7,9,11,18H,4-5,8,10,12H2,1-3H3,(H,25,27,28)/t18-/m0/s1. The molecule has 2 aromatic heterocycles. The summed E-state index contributed by atoms with van der Waals surface area (Å²) in [4.78, 5) is 47.4. The first-order valence-corrected chi connectivity index (χ1v) is 11.8. The maximum Gasteiger partial charge on any atom is 0.350 e. The van der Waals surface area contributed by atoms with Crippen molar-refractivity contribution >= 4 is 45.2 Å². The zero-order chi connectivity index (χ0) is 23.5. The van der Waals surface area contributed by atoms with E-state index in [1.54, 1.807) is 20.8 Å². The Balaban J connectivity index is 1.54. The number of esters is 2. The lowest BCUT2D eigenvalue weighted by Crippen LogP contribution is -2.32. The van der Waals surface area contributed by atoms with E-state index in [2.05, 4.69) is 10.3 Å². The summed E-state index contributed by atoms with van der Waals surface area (Å²) in [6.07, 6.45) is 1.80. The number of thiazole rings is 1. The van der Waals surface area contributed by atoms with Gasteiger partial charge in [-0.05, 0) is 51.2 Å². The van der Waals surface area contributed by atoms with Gasteiger partial charge in [0.15, 0.2) is 11.2 Å². The molecule has 172 valence electrons. The van der Waals surface area contributed by atoms with Crippen molar-refractivity contribution in [2.24, 2.45) is 0 Å². The molecule has 1 aliphatic rings. The molecule has 0 spiro atoms. The van der Waals surface area contributed by atoms with Gasteiger partial charge in [-0.2, -0.15) is 0 Å². The smallest absolute Gasteiger partial charge is 0.350 e. The van der Waals surface area contributed by atoms with Crippen LogP contribution in [0.4, 0.5) is 5.13 Å². The van der Waals surface area contributed by atoms with Crippen LogP contribution in [0.5, 0.6) is 0 Å². The first kappa shape index (κ1) is 22.8. The first-order valence-electron chi connectivity index (χ1n) is 11.0. The summed E-state index contributed by atoms with van der Waals surface area (Å²) in [7, 11) is 0. The fraction of sp³-hybridized carbons (Fsp3) is 0.375.